The van der Waals surface area contributed by atoms with Crippen LogP contribution in [0.1, 0.15) is 12.5 Å². The first-order chi connectivity index (χ1) is 9.25. The van der Waals surface area contributed by atoms with Gasteiger partial charge in [-0.15, -0.1) is 11.3 Å². The van der Waals surface area contributed by atoms with Crippen LogP contribution in [-0.2, 0) is 11.2 Å². The monoisotopic (exact) mass is 274 g/mol. The van der Waals surface area contributed by atoms with Crippen molar-refractivity contribution in [3.63, 3.8) is 0 Å². The molecule has 0 radical (unpaired) electrons. The third-order valence-electron chi connectivity index (χ3n) is 3.72. The minimum Gasteiger partial charge on any atom is -0.337 e. The summed E-state index contributed by atoms with van der Waals surface area (Å²) in [5.41, 5.74) is 1.16. The van der Waals surface area contributed by atoms with E-state index in [0.717, 1.165) is 25.2 Å². The lowest BCUT2D eigenvalue weighted by molar-refractivity contribution is -0.133. The molecule has 19 heavy (non-hydrogen) atoms. The van der Waals surface area contributed by atoms with E-state index in [9.17, 15) is 4.79 Å². The van der Waals surface area contributed by atoms with Crippen LogP contribution in [0.3, 0.4) is 0 Å². The number of carbonyl (C=O) groups is 1. The van der Waals surface area contributed by atoms with Crippen LogP contribution in [0.5, 0.6) is 0 Å². The van der Waals surface area contributed by atoms with E-state index in [0.29, 0.717) is 12.5 Å². The summed E-state index contributed by atoms with van der Waals surface area (Å²) >= 11 is 1.72. The molecule has 1 saturated heterocycles. The van der Waals surface area contributed by atoms with Crippen LogP contribution in [0.25, 0.3) is 10.1 Å². The summed E-state index contributed by atoms with van der Waals surface area (Å²) in [4.78, 5) is 14.4. The molecule has 1 aliphatic rings. The van der Waals surface area contributed by atoms with Gasteiger partial charge in [0, 0.05) is 30.4 Å². The summed E-state index contributed by atoms with van der Waals surface area (Å²) in [6.07, 6.45) is 0.522. The Kier molecular flexibility index (Phi) is 3.53. The molecule has 1 aliphatic heterocycles. The largest absolute Gasteiger partial charge is 0.337 e. The summed E-state index contributed by atoms with van der Waals surface area (Å²) in [5.74, 6) is 0.248. The molecule has 1 N–H and O–H groups in total. The summed E-state index contributed by atoms with van der Waals surface area (Å²) in [6.45, 7) is 4.73. The molecule has 1 aromatic heterocycles. The SMILES string of the molecule is C[C@@H]1CNCCN1C(=O)Cc1csc2ccccc12. The van der Waals surface area contributed by atoms with Gasteiger partial charge in [0.25, 0.3) is 0 Å². The van der Waals surface area contributed by atoms with Gasteiger partial charge in [-0.1, -0.05) is 18.2 Å². The number of nitrogens with zero attached hydrogens (tertiary/aromatic N) is 1. The zero-order valence-corrected chi connectivity index (χ0v) is 11.9. The Morgan fingerprint density at radius 3 is 3.16 bits per heavy atom. The molecule has 4 heteroatoms. The van der Waals surface area contributed by atoms with Crippen molar-refractivity contribution < 1.29 is 4.79 Å². The predicted molar refractivity (Wildman–Crippen MR) is 79.6 cm³/mol. The van der Waals surface area contributed by atoms with Gasteiger partial charge in [-0.25, -0.2) is 0 Å². The first kappa shape index (κ1) is 12.6. The molecule has 1 fully saturated rings. The molecule has 3 nitrogen and oxygen atoms in total. The lowest BCUT2D eigenvalue weighted by Crippen LogP contribution is -2.52. The second-order valence-electron chi connectivity index (χ2n) is 5.07. The van der Waals surface area contributed by atoms with Crippen LogP contribution < -0.4 is 5.32 Å². The third-order valence-corrected chi connectivity index (χ3v) is 4.74. The van der Waals surface area contributed by atoms with E-state index in [1.807, 2.05) is 17.0 Å². The molecule has 1 aromatic carbocycles. The van der Waals surface area contributed by atoms with Gasteiger partial charge in [0.2, 0.25) is 5.91 Å². The fourth-order valence-corrected chi connectivity index (χ4v) is 3.61. The van der Waals surface area contributed by atoms with E-state index < -0.39 is 0 Å². The zero-order chi connectivity index (χ0) is 13.2. The van der Waals surface area contributed by atoms with E-state index in [1.54, 1.807) is 11.3 Å². The molecule has 0 saturated carbocycles. The van der Waals surface area contributed by atoms with E-state index >= 15 is 0 Å². The summed E-state index contributed by atoms with van der Waals surface area (Å²) in [7, 11) is 0. The van der Waals surface area contributed by atoms with E-state index in [2.05, 4.69) is 29.8 Å². The number of carbonyl (C=O) groups excluding carboxylic acids is 1. The van der Waals surface area contributed by atoms with Gasteiger partial charge in [0.15, 0.2) is 0 Å². The molecule has 0 bridgehead atoms. The number of fused-ring (bicyclic) bond motifs is 1. The number of thiophene rings is 1. The molecular weight excluding hydrogens is 256 g/mol. The number of rotatable bonds is 2. The van der Waals surface area contributed by atoms with Crippen LogP contribution in [0, 0.1) is 0 Å². The molecule has 0 spiro atoms. The minimum atomic E-state index is 0.248. The lowest BCUT2D eigenvalue weighted by Gasteiger charge is -2.34. The Bertz CT molecular complexity index is 593. The van der Waals surface area contributed by atoms with Gasteiger partial charge >= 0.3 is 0 Å². The number of piperazine rings is 1. The minimum absolute atomic E-state index is 0.248. The second kappa shape index (κ2) is 5.31. The second-order valence-corrected chi connectivity index (χ2v) is 5.99. The lowest BCUT2D eigenvalue weighted by atomic mass is 10.1. The molecule has 2 aromatic rings. The Balaban J connectivity index is 1.79. The Labute approximate surface area is 117 Å². The van der Waals surface area contributed by atoms with E-state index in [4.69, 9.17) is 0 Å². The maximum Gasteiger partial charge on any atom is 0.227 e. The molecule has 0 aliphatic carbocycles. The number of benzene rings is 1. The highest BCUT2D eigenvalue weighted by molar-refractivity contribution is 7.17. The fraction of sp³-hybridized carbons (Fsp3) is 0.400. The summed E-state index contributed by atoms with van der Waals surface area (Å²) < 4.78 is 1.26. The molecule has 1 amide bonds. The molecule has 0 unspecified atom stereocenters. The smallest absolute Gasteiger partial charge is 0.227 e. The van der Waals surface area contributed by atoms with Crippen LogP contribution in [0.4, 0.5) is 0 Å². The van der Waals surface area contributed by atoms with Crippen molar-refractivity contribution in [2.24, 2.45) is 0 Å². The Morgan fingerprint density at radius 1 is 1.47 bits per heavy atom. The van der Waals surface area contributed by atoms with Gasteiger partial charge in [-0.3, -0.25) is 4.79 Å². The zero-order valence-electron chi connectivity index (χ0n) is 11.1. The van der Waals surface area contributed by atoms with Crippen LogP contribution in [0.2, 0.25) is 0 Å². The highest BCUT2D eigenvalue weighted by Gasteiger charge is 2.23. The van der Waals surface area contributed by atoms with Crippen molar-refractivity contribution >= 4 is 27.3 Å². The molecule has 2 heterocycles. The normalized spacial score (nSPS) is 19.8. The average Bonchev–Trinajstić information content (AvgIpc) is 2.83. The van der Waals surface area contributed by atoms with Crippen molar-refractivity contribution in [2.75, 3.05) is 19.6 Å². The van der Waals surface area contributed by atoms with Crippen molar-refractivity contribution in [1.82, 2.24) is 10.2 Å². The number of hydrogen-bond donors (Lipinski definition) is 1. The number of nitrogens with one attached hydrogen (secondary N) is 1. The molecule has 100 valence electrons. The summed E-state index contributed by atoms with van der Waals surface area (Å²) in [5, 5.41) is 6.66. The molecular formula is C15H18N2OS. The standard InChI is InChI=1S/C15H18N2OS/c1-11-9-16-6-7-17(11)15(18)8-12-10-19-14-5-3-2-4-13(12)14/h2-5,10-11,16H,6-9H2,1H3/t11-/m1/s1. The van der Waals surface area contributed by atoms with Gasteiger partial charge in [0.1, 0.15) is 0 Å². The van der Waals surface area contributed by atoms with Crippen LogP contribution in [0.15, 0.2) is 29.6 Å². The van der Waals surface area contributed by atoms with Gasteiger partial charge < -0.3 is 10.2 Å². The van der Waals surface area contributed by atoms with Gasteiger partial charge in [-0.05, 0) is 29.3 Å². The Hall–Kier alpha value is -1.39. The molecule has 1 atom stereocenters. The number of amides is 1. The molecule has 3 rings (SSSR count). The van der Waals surface area contributed by atoms with Gasteiger partial charge in [-0.2, -0.15) is 0 Å². The topological polar surface area (TPSA) is 32.3 Å². The van der Waals surface area contributed by atoms with Crippen molar-refractivity contribution in [1.29, 1.82) is 0 Å². The number of hydrogen-bond acceptors (Lipinski definition) is 3. The Morgan fingerprint density at radius 2 is 2.32 bits per heavy atom. The fourth-order valence-electron chi connectivity index (χ4n) is 2.65. The van der Waals surface area contributed by atoms with Crippen molar-refractivity contribution in [2.45, 2.75) is 19.4 Å². The highest BCUT2D eigenvalue weighted by Crippen LogP contribution is 2.26. The first-order valence-corrected chi connectivity index (χ1v) is 7.59. The van der Waals surface area contributed by atoms with Crippen molar-refractivity contribution in [3.05, 3.63) is 35.2 Å². The predicted octanol–water partition coefficient (Wildman–Crippen LogP) is 2.26. The average molecular weight is 274 g/mol. The first-order valence-electron chi connectivity index (χ1n) is 6.71. The summed E-state index contributed by atoms with van der Waals surface area (Å²) in [6, 6.07) is 8.60. The quantitative estimate of drug-likeness (QED) is 0.911. The van der Waals surface area contributed by atoms with Crippen LogP contribution >= 0.6 is 11.3 Å². The third kappa shape index (κ3) is 2.51. The van der Waals surface area contributed by atoms with Crippen LogP contribution in [-0.4, -0.2) is 36.5 Å². The van der Waals surface area contributed by atoms with E-state index in [1.165, 1.54) is 10.1 Å². The van der Waals surface area contributed by atoms with E-state index in [-0.39, 0.29) is 5.91 Å². The van der Waals surface area contributed by atoms with Gasteiger partial charge in [0.05, 0.1) is 6.42 Å². The van der Waals surface area contributed by atoms with Crippen molar-refractivity contribution in [3.8, 4) is 0 Å². The maximum atomic E-state index is 12.4. The maximum absolute atomic E-state index is 12.4. The highest BCUT2D eigenvalue weighted by atomic mass is 32.1.